The number of esters is 1. The zero-order chi connectivity index (χ0) is 12.0. The fourth-order valence-corrected chi connectivity index (χ4v) is 1.68. The van der Waals surface area contributed by atoms with E-state index in [0.29, 0.717) is 24.5 Å². The molecule has 1 heterocycles. The average molecular weight is 224 g/mol. The number of ether oxygens (including phenoxy) is 2. The quantitative estimate of drug-likeness (QED) is 0.532. The first-order chi connectivity index (χ1) is 7.70. The molecule has 0 fully saturated rings. The Kier molecular flexibility index (Phi) is 5.09. The summed E-state index contributed by atoms with van der Waals surface area (Å²) < 4.78 is 10.4. The summed E-state index contributed by atoms with van der Waals surface area (Å²) in [7, 11) is 0. The van der Waals surface area contributed by atoms with Crippen LogP contribution in [0.3, 0.4) is 0 Å². The van der Waals surface area contributed by atoms with Gasteiger partial charge < -0.3 is 9.47 Å². The Labute approximate surface area is 97.1 Å². The van der Waals surface area contributed by atoms with Gasteiger partial charge in [-0.15, -0.1) is 0 Å². The normalized spacial score (nSPS) is 17.8. The molecule has 0 spiro atoms. The molecule has 0 N–H and O–H groups in total. The summed E-state index contributed by atoms with van der Waals surface area (Å²) in [5, 5.41) is 0. The van der Waals surface area contributed by atoms with E-state index >= 15 is 0 Å². The van der Waals surface area contributed by atoms with Gasteiger partial charge in [0, 0.05) is 5.57 Å². The molecule has 0 bridgehead atoms. The van der Waals surface area contributed by atoms with Gasteiger partial charge in [0.1, 0.15) is 17.9 Å². The lowest BCUT2D eigenvalue weighted by atomic mass is 10.1. The van der Waals surface area contributed by atoms with Crippen LogP contribution in [0.1, 0.15) is 40.0 Å². The van der Waals surface area contributed by atoms with Crippen LogP contribution in [0.2, 0.25) is 0 Å². The highest BCUT2D eigenvalue weighted by molar-refractivity contribution is 5.94. The molecule has 0 aromatic rings. The first kappa shape index (κ1) is 12.8. The topological polar surface area (TPSA) is 35.5 Å². The standard InChI is InChI=1S/C13H20O3/c1-4-6-7-8-11-9-16-10(3)12(11)13(14)15-5-2/h8H,4-7,9H2,1-3H3/b11-8-. The molecule has 1 aliphatic heterocycles. The second-order valence-electron chi connectivity index (χ2n) is 3.81. The monoisotopic (exact) mass is 224 g/mol. The van der Waals surface area contributed by atoms with Crippen LogP contribution in [0.25, 0.3) is 0 Å². The summed E-state index contributed by atoms with van der Waals surface area (Å²) in [6.07, 6.45) is 5.37. The van der Waals surface area contributed by atoms with Gasteiger partial charge in [0.15, 0.2) is 0 Å². The van der Waals surface area contributed by atoms with E-state index in [1.54, 1.807) is 0 Å². The summed E-state index contributed by atoms with van der Waals surface area (Å²) in [5.41, 5.74) is 1.60. The summed E-state index contributed by atoms with van der Waals surface area (Å²) in [5.74, 6) is 0.418. The second-order valence-corrected chi connectivity index (χ2v) is 3.81. The maximum absolute atomic E-state index is 11.7. The molecule has 90 valence electrons. The fraction of sp³-hybridized carbons (Fsp3) is 0.615. The van der Waals surface area contributed by atoms with Gasteiger partial charge in [-0.25, -0.2) is 4.79 Å². The Hall–Kier alpha value is -1.25. The molecular formula is C13H20O3. The van der Waals surface area contributed by atoms with Crippen molar-refractivity contribution in [3.63, 3.8) is 0 Å². The second kappa shape index (κ2) is 6.36. The van der Waals surface area contributed by atoms with E-state index in [2.05, 4.69) is 13.0 Å². The lowest BCUT2D eigenvalue weighted by Crippen LogP contribution is -2.09. The van der Waals surface area contributed by atoms with E-state index in [1.165, 1.54) is 0 Å². The van der Waals surface area contributed by atoms with Gasteiger partial charge in [-0.1, -0.05) is 25.8 Å². The van der Waals surface area contributed by atoms with E-state index in [4.69, 9.17) is 9.47 Å². The third-order valence-corrected chi connectivity index (χ3v) is 2.55. The smallest absolute Gasteiger partial charge is 0.341 e. The average Bonchev–Trinajstić information content (AvgIpc) is 2.61. The number of hydrogen-bond donors (Lipinski definition) is 0. The van der Waals surface area contributed by atoms with Crippen LogP contribution in [-0.4, -0.2) is 19.2 Å². The molecule has 0 aliphatic carbocycles. The van der Waals surface area contributed by atoms with Crippen molar-refractivity contribution in [2.24, 2.45) is 0 Å². The maximum Gasteiger partial charge on any atom is 0.341 e. The Morgan fingerprint density at radius 3 is 2.88 bits per heavy atom. The molecule has 0 atom stereocenters. The summed E-state index contributed by atoms with van der Waals surface area (Å²) in [6.45, 7) is 6.68. The Bertz CT molecular complexity index is 313. The molecule has 3 heteroatoms. The molecular weight excluding hydrogens is 204 g/mol. The van der Waals surface area contributed by atoms with Crippen LogP contribution < -0.4 is 0 Å². The predicted octanol–water partition coefficient (Wildman–Crippen LogP) is 2.97. The van der Waals surface area contributed by atoms with Gasteiger partial charge in [-0.2, -0.15) is 0 Å². The zero-order valence-electron chi connectivity index (χ0n) is 10.3. The molecule has 1 rings (SSSR count). The van der Waals surface area contributed by atoms with E-state index in [0.717, 1.165) is 24.8 Å². The minimum Gasteiger partial charge on any atom is -0.493 e. The van der Waals surface area contributed by atoms with Gasteiger partial charge in [-0.05, 0) is 20.3 Å². The highest BCUT2D eigenvalue weighted by atomic mass is 16.5. The largest absolute Gasteiger partial charge is 0.493 e. The summed E-state index contributed by atoms with van der Waals surface area (Å²) in [6, 6.07) is 0. The lowest BCUT2D eigenvalue weighted by Gasteiger charge is -2.03. The molecule has 1 aliphatic rings. The Morgan fingerprint density at radius 1 is 1.50 bits per heavy atom. The first-order valence-corrected chi connectivity index (χ1v) is 5.90. The van der Waals surface area contributed by atoms with Crippen molar-refractivity contribution in [3.05, 3.63) is 23.0 Å². The Balaban J connectivity index is 2.73. The molecule has 0 radical (unpaired) electrons. The van der Waals surface area contributed by atoms with Gasteiger partial charge in [-0.3, -0.25) is 0 Å². The summed E-state index contributed by atoms with van der Waals surface area (Å²) >= 11 is 0. The first-order valence-electron chi connectivity index (χ1n) is 5.90. The Morgan fingerprint density at radius 2 is 2.25 bits per heavy atom. The third-order valence-electron chi connectivity index (χ3n) is 2.55. The highest BCUT2D eigenvalue weighted by Gasteiger charge is 2.25. The van der Waals surface area contributed by atoms with Crippen LogP contribution in [0.4, 0.5) is 0 Å². The predicted molar refractivity (Wildman–Crippen MR) is 62.9 cm³/mol. The van der Waals surface area contributed by atoms with E-state index in [-0.39, 0.29) is 5.97 Å². The molecule has 0 saturated carbocycles. The van der Waals surface area contributed by atoms with E-state index < -0.39 is 0 Å². The minimum atomic E-state index is -0.264. The number of hydrogen-bond acceptors (Lipinski definition) is 3. The molecule has 3 nitrogen and oxygen atoms in total. The molecule has 0 saturated heterocycles. The van der Waals surface area contributed by atoms with Crippen molar-refractivity contribution in [1.29, 1.82) is 0 Å². The molecule has 0 unspecified atom stereocenters. The van der Waals surface area contributed by atoms with Gasteiger partial charge in [0.2, 0.25) is 0 Å². The van der Waals surface area contributed by atoms with Gasteiger partial charge in [0.25, 0.3) is 0 Å². The lowest BCUT2D eigenvalue weighted by molar-refractivity contribution is -0.138. The van der Waals surface area contributed by atoms with E-state index in [1.807, 2.05) is 13.8 Å². The van der Waals surface area contributed by atoms with E-state index in [9.17, 15) is 4.79 Å². The minimum absolute atomic E-state index is 0.264. The van der Waals surface area contributed by atoms with Crippen LogP contribution in [0, 0.1) is 0 Å². The number of unbranched alkanes of at least 4 members (excludes halogenated alkanes) is 2. The summed E-state index contributed by atoms with van der Waals surface area (Å²) in [4.78, 5) is 11.7. The molecule has 0 aromatic heterocycles. The van der Waals surface area contributed by atoms with Crippen molar-refractivity contribution in [2.75, 3.05) is 13.2 Å². The van der Waals surface area contributed by atoms with Crippen molar-refractivity contribution in [3.8, 4) is 0 Å². The van der Waals surface area contributed by atoms with Crippen LogP contribution in [-0.2, 0) is 14.3 Å². The van der Waals surface area contributed by atoms with Crippen molar-refractivity contribution < 1.29 is 14.3 Å². The number of carbonyl (C=O) groups is 1. The van der Waals surface area contributed by atoms with Crippen molar-refractivity contribution in [1.82, 2.24) is 0 Å². The molecule has 16 heavy (non-hydrogen) atoms. The molecule has 0 aromatic carbocycles. The third kappa shape index (κ3) is 3.12. The van der Waals surface area contributed by atoms with Gasteiger partial charge >= 0.3 is 5.97 Å². The van der Waals surface area contributed by atoms with Gasteiger partial charge in [0.05, 0.1) is 6.61 Å². The van der Waals surface area contributed by atoms with Crippen molar-refractivity contribution in [2.45, 2.75) is 40.0 Å². The number of rotatable bonds is 5. The van der Waals surface area contributed by atoms with Crippen molar-refractivity contribution >= 4 is 5.97 Å². The van der Waals surface area contributed by atoms with Crippen LogP contribution in [0.15, 0.2) is 23.0 Å². The van der Waals surface area contributed by atoms with Crippen LogP contribution in [0.5, 0.6) is 0 Å². The fourth-order valence-electron chi connectivity index (χ4n) is 1.68. The maximum atomic E-state index is 11.7. The zero-order valence-corrected chi connectivity index (χ0v) is 10.3. The van der Waals surface area contributed by atoms with Crippen LogP contribution >= 0.6 is 0 Å². The SMILES string of the molecule is CCCC/C=C1/COC(C)=C1C(=O)OCC. The number of carbonyl (C=O) groups excluding carboxylic acids is 1. The highest BCUT2D eigenvalue weighted by Crippen LogP contribution is 2.26. The molecule has 0 amide bonds. The number of allylic oxidation sites excluding steroid dienone is 2.